The number of hydrogen-bond acceptors (Lipinski definition) is 3. The molecule has 0 spiro atoms. The Balaban J connectivity index is 1.53. The van der Waals surface area contributed by atoms with E-state index in [2.05, 4.69) is 65.4 Å². The van der Waals surface area contributed by atoms with Crippen molar-refractivity contribution < 1.29 is 4.74 Å². The van der Waals surface area contributed by atoms with Crippen LogP contribution in [-0.4, -0.2) is 18.7 Å². The molecule has 2 N–H and O–H groups in total. The highest BCUT2D eigenvalue weighted by Gasteiger charge is 2.33. The fourth-order valence-electron chi connectivity index (χ4n) is 4.94. The molecule has 5 rings (SSSR count). The number of benzene rings is 2. The van der Waals surface area contributed by atoms with E-state index in [4.69, 9.17) is 4.74 Å². The minimum Gasteiger partial charge on any atom is -0.490 e. The Morgan fingerprint density at radius 2 is 1.70 bits per heavy atom. The largest absolute Gasteiger partial charge is 0.490 e. The molecular formula is C24H28N2O. The van der Waals surface area contributed by atoms with Gasteiger partial charge in [0, 0.05) is 23.7 Å². The second kappa shape index (κ2) is 7.30. The zero-order valence-corrected chi connectivity index (χ0v) is 15.8. The van der Waals surface area contributed by atoms with Gasteiger partial charge in [-0.05, 0) is 67.6 Å². The highest BCUT2D eigenvalue weighted by molar-refractivity contribution is 5.81. The molecule has 27 heavy (non-hydrogen) atoms. The molecule has 2 aromatic carbocycles. The van der Waals surface area contributed by atoms with E-state index in [1.807, 2.05) is 0 Å². The average Bonchev–Trinajstić information content (AvgIpc) is 2.91. The molecule has 0 amide bonds. The van der Waals surface area contributed by atoms with Gasteiger partial charge in [0.2, 0.25) is 0 Å². The summed E-state index contributed by atoms with van der Waals surface area (Å²) in [5, 5.41) is 7.11. The van der Waals surface area contributed by atoms with Gasteiger partial charge in [-0.15, -0.1) is 0 Å². The number of para-hydroxylation sites is 1. The predicted molar refractivity (Wildman–Crippen MR) is 111 cm³/mol. The smallest absolute Gasteiger partial charge is 0.127 e. The van der Waals surface area contributed by atoms with E-state index in [0.717, 1.165) is 18.7 Å². The first-order chi connectivity index (χ1) is 13.4. The third kappa shape index (κ3) is 3.20. The van der Waals surface area contributed by atoms with Gasteiger partial charge in [0.15, 0.2) is 0 Å². The SMILES string of the molecule is C1=CC2Nc3cccc(-c4ccccc4OC4CCCCC4)c3C2CCN1. The monoisotopic (exact) mass is 360 g/mol. The minimum atomic E-state index is 0.368. The number of hydrogen-bond donors (Lipinski definition) is 2. The average molecular weight is 361 g/mol. The molecular weight excluding hydrogens is 332 g/mol. The van der Waals surface area contributed by atoms with Crippen molar-refractivity contribution in [2.75, 3.05) is 11.9 Å². The lowest BCUT2D eigenvalue weighted by Crippen LogP contribution is -2.20. The summed E-state index contributed by atoms with van der Waals surface area (Å²) in [6.45, 7) is 1.02. The van der Waals surface area contributed by atoms with Crippen molar-refractivity contribution in [3.8, 4) is 16.9 Å². The lowest BCUT2D eigenvalue weighted by Gasteiger charge is -2.25. The third-order valence-electron chi connectivity index (χ3n) is 6.28. The zero-order chi connectivity index (χ0) is 18.1. The fourth-order valence-corrected chi connectivity index (χ4v) is 4.94. The summed E-state index contributed by atoms with van der Waals surface area (Å²) >= 11 is 0. The van der Waals surface area contributed by atoms with Crippen LogP contribution in [0.2, 0.25) is 0 Å². The summed E-state index contributed by atoms with van der Waals surface area (Å²) in [5.74, 6) is 1.55. The zero-order valence-electron chi connectivity index (χ0n) is 15.8. The summed E-state index contributed by atoms with van der Waals surface area (Å²) in [5.41, 5.74) is 5.30. The molecule has 2 aromatic rings. The summed E-state index contributed by atoms with van der Waals surface area (Å²) < 4.78 is 6.51. The van der Waals surface area contributed by atoms with Crippen molar-refractivity contribution in [3.63, 3.8) is 0 Å². The van der Waals surface area contributed by atoms with Gasteiger partial charge in [-0.1, -0.05) is 36.8 Å². The topological polar surface area (TPSA) is 33.3 Å². The van der Waals surface area contributed by atoms with Crippen molar-refractivity contribution in [1.29, 1.82) is 0 Å². The Morgan fingerprint density at radius 3 is 2.63 bits per heavy atom. The van der Waals surface area contributed by atoms with E-state index < -0.39 is 0 Å². The van der Waals surface area contributed by atoms with Gasteiger partial charge in [0.05, 0.1) is 12.1 Å². The molecule has 2 aliphatic heterocycles. The van der Waals surface area contributed by atoms with Crippen LogP contribution in [0, 0.1) is 0 Å². The molecule has 2 atom stereocenters. The maximum Gasteiger partial charge on any atom is 0.127 e. The molecule has 1 fully saturated rings. The standard InChI is InChI=1S/C24H28N2O/c1-2-7-17(8-3-1)27-23-12-5-4-9-18(23)19-10-6-11-22-24(19)20-13-15-25-16-14-21(20)26-22/h4-6,9-12,14,16-17,20-21,25-26H,1-3,7-8,13,15H2. The molecule has 2 unspecified atom stereocenters. The molecule has 0 radical (unpaired) electrons. The van der Waals surface area contributed by atoms with Crippen LogP contribution >= 0.6 is 0 Å². The Bertz CT molecular complexity index is 838. The maximum atomic E-state index is 6.51. The van der Waals surface area contributed by atoms with Gasteiger partial charge in [-0.3, -0.25) is 0 Å². The molecule has 3 aliphatic rings. The quantitative estimate of drug-likeness (QED) is 0.763. The van der Waals surface area contributed by atoms with Crippen LogP contribution < -0.4 is 15.4 Å². The molecule has 1 aliphatic carbocycles. The molecule has 3 nitrogen and oxygen atoms in total. The second-order valence-corrected chi connectivity index (χ2v) is 8.02. The Kier molecular flexibility index (Phi) is 4.52. The fraction of sp³-hybridized carbons (Fsp3) is 0.417. The summed E-state index contributed by atoms with van der Waals surface area (Å²) in [4.78, 5) is 0. The van der Waals surface area contributed by atoms with Crippen molar-refractivity contribution in [2.24, 2.45) is 0 Å². The van der Waals surface area contributed by atoms with Crippen LogP contribution in [0.5, 0.6) is 5.75 Å². The highest BCUT2D eigenvalue weighted by atomic mass is 16.5. The number of anilines is 1. The van der Waals surface area contributed by atoms with Gasteiger partial charge < -0.3 is 15.4 Å². The van der Waals surface area contributed by atoms with Crippen LogP contribution in [0.1, 0.15) is 50.0 Å². The van der Waals surface area contributed by atoms with Gasteiger partial charge in [0.25, 0.3) is 0 Å². The first-order valence-electron chi connectivity index (χ1n) is 10.5. The molecule has 1 saturated carbocycles. The van der Waals surface area contributed by atoms with Crippen LogP contribution in [0.3, 0.4) is 0 Å². The lowest BCUT2D eigenvalue weighted by atomic mass is 9.86. The van der Waals surface area contributed by atoms with Crippen LogP contribution in [0.25, 0.3) is 11.1 Å². The second-order valence-electron chi connectivity index (χ2n) is 8.02. The lowest BCUT2D eigenvalue weighted by molar-refractivity contribution is 0.155. The van der Waals surface area contributed by atoms with Gasteiger partial charge in [-0.25, -0.2) is 0 Å². The normalized spacial score (nSPS) is 24.3. The number of nitrogens with one attached hydrogen (secondary N) is 2. The Morgan fingerprint density at radius 1 is 0.852 bits per heavy atom. The molecule has 3 heteroatoms. The van der Waals surface area contributed by atoms with Crippen LogP contribution in [0.15, 0.2) is 54.7 Å². The molecule has 140 valence electrons. The van der Waals surface area contributed by atoms with Crippen LogP contribution in [-0.2, 0) is 0 Å². The summed E-state index contributed by atoms with van der Waals surface area (Å²) in [6, 6.07) is 15.7. The molecule has 0 aromatic heterocycles. The van der Waals surface area contributed by atoms with E-state index >= 15 is 0 Å². The number of rotatable bonds is 3. The first-order valence-corrected chi connectivity index (χ1v) is 10.5. The predicted octanol–water partition coefficient (Wildman–Crippen LogP) is 5.45. The van der Waals surface area contributed by atoms with E-state index in [1.54, 1.807) is 0 Å². The van der Waals surface area contributed by atoms with E-state index in [9.17, 15) is 0 Å². The third-order valence-corrected chi connectivity index (χ3v) is 6.28. The summed E-state index contributed by atoms with van der Waals surface area (Å²) in [7, 11) is 0. The number of ether oxygens (including phenoxy) is 1. The molecule has 0 saturated heterocycles. The van der Waals surface area contributed by atoms with Crippen LogP contribution in [0.4, 0.5) is 5.69 Å². The van der Waals surface area contributed by atoms with Crippen molar-refractivity contribution in [2.45, 2.75) is 56.6 Å². The van der Waals surface area contributed by atoms with Crippen molar-refractivity contribution in [1.82, 2.24) is 5.32 Å². The Labute approximate surface area is 161 Å². The van der Waals surface area contributed by atoms with E-state index in [1.165, 1.54) is 54.5 Å². The number of fused-ring (bicyclic) bond motifs is 3. The first kappa shape index (κ1) is 16.7. The van der Waals surface area contributed by atoms with E-state index in [-0.39, 0.29) is 0 Å². The van der Waals surface area contributed by atoms with Crippen molar-refractivity contribution in [3.05, 3.63) is 60.3 Å². The van der Waals surface area contributed by atoms with Crippen molar-refractivity contribution >= 4 is 5.69 Å². The Hall–Kier alpha value is -2.42. The van der Waals surface area contributed by atoms with Gasteiger partial charge >= 0.3 is 0 Å². The molecule has 2 heterocycles. The van der Waals surface area contributed by atoms with E-state index in [0.29, 0.717) is 18.1 Å². The highest BCUT2D eigenvalue weighted by Crippen LogP contribution is 2.46. The molecule has 0 bridgehead atoms. The minimum absolute atomic E-state index is 0.368. The summed E-state index contributed by atoms with van der Waals surface area (Å²) in [6.07, 6.45) is 12.2. The maximum absolute atomic E-state index is 6.51. The van der Waals surface area contributed by atoms with Gasteiger partial charge in [0.1, 0.15) is 5.75 Å². The van der Waals surface area contributed by atoms with Gasteiger partial charge in [-0.2, -0.15) is 0 Å².